The molecular formula is C23H30N6O5. The molecule has 3 N–H and O–H groups in total. The molecule has 1 aromatic carbocycles. The van der Waals surface area contributed by atoms with Crippen LogP contribution in [0.25, 0.3) is 0 Å². The first-order valence-electron chi connectivity index (χ1n) is 11.4. The summed E-state index contributed by atoms with van der Waals surface area (Å²) in [6.45, 7) is 4.89. The minimum atomic E-state index is -1.07. The van der Waals surface area contributed by atoms with E-state index >= 15 is 0 Å². The number of amides is 2. The van der Waals surface area contributed by atoms with Gasteiger partial charge in [0, 0.05) is 63.8 Å². The Kier molecular flexibility index (Phi) is 7.88. The summed E-state index contributed by atoms with van der Waals surface area (Å²) in [5, 5.41) is 22.6. The van der Waals surface area contributed by atoms with Crippen LogP contribution in [0.3, 0.4) is 0 Å². The number of anilines is 1. The quantitative estimate of drug-likeness (QED) is 0.488. The van der Waals surface area contributed by atoms with Gasteiger partial charge in [0.15, 0.2) is 0 Å². The molecule has 1 aromatic heterocycles. The van der Waals surface area contributed by atoms with Gasteiger partial charge in [-0.15, -0.1) is 0 Å². The molecule has 2 fully saturated rings. The molecule has 0 saturated carbocycles. The Labute approximate surface area is 198 Å². The molecule has 182 valence electrons. The van der Waals surface area contributed by atoms with Crippen LogP contribution < -0.4 is 10.2 Å². The number of phenols is 1. The fourth-order valence-corrected chi connectivity index (χ4v) is 4.14. The number of carbonyl (C=O) groups is 2. The summed E-state index contributed by atoms with van der Waals surface area (Å²) in [7, 11) is 0. The third-order valence-corrected chi connectivity index (χ3v) is 5.96. The molecule has 4 rings (SSSR count). The zero-order valence-corrected chi connectivity index (χ0v) is 19.0. The lowest BCUT2D eigenvalue weighted by Gasteiger charge is -2.36. The highest BCUT2D eigenvalue weighted by Gasteiger charge is 2.29. The molecule has 0 unspecified atom stereocenters. The van der Waals surface area contributed by atoms with Gasteiger partial charge in [0.25, 0.3) is 5.91 Å². The van der Waals surface area contributed by atoms with Gasteiger partial charge in [0.05, 0.1) is 19.8 Å². The maximum absolute atomic E-state index is 13.0. The first-order chi connectivity index (χ1) is 16.5. The standard InChI is InChI=1S/C23H30N6O5/c30-16-20(22(33)28-4-6-29(7-5-28)23-24-2-1-3-25-23)26-21(32)18-12-17(13-19(31)14-18)15-27-8-10-34-11-9-27/h1-3,12-14,20,30-31H,4-11,15-16H2,(H,26,32)/t20-/m0/s1. The van der Waals surface area contributed by atoms with E-state index in [2.05, 4.69) is 20.2 Å². The smallest absolute Gasteiger partial charge is 0.252 e. The van der Waals surface area contributed by atoms with Crippen molar-refractivity contribution < 1.29 is 24.5 Å². The van der Waals surface area contributed by atoms with Gasteiger partial charge in [-0.2, -0.15) is 0 Å². The molecule has 0 spiro atoms. The zero-order valence-electron chi connectivity index (χ0n) is 19.0. The highest BCUT2D eigenvalue weighted by atomic mass is 16.5. The van der Waals surface area contributed by atoms with Gasteiger partial charge in [-0.1, -0.05) is 0 Å². The number of piperazine rings is 1. The highest BCUT2D eigenvalue weighted by molar-refractivity contribution is 5.98. The maximum Gasteiger partial charge on any atom is 0.252 e. The van der Waals surface area contributed by atoms with Gasteiger partial charge in [-0.05, 0) is 29.8 Å². The number of carbonyl (C=O) groups excluding carboxylic acids is 2. The van der Waals surface area contributed by atoms with Crippen molar-refractivity contribution in [1.82, 2.24) is 25.1 Å². The summed E-state index contributed by atoms with van der Waals surface area (Å²) in [6.07, 6.45) is 3.34. The lowest BCUT2D eigenvalue weighted by molar-refractivity contribution is -0.134. The van der Waals surface area contributed by atoms with Crippen molar-refractivity contribution in [2.45, 2.75) is 12.6 Å². The Morgan fingerprint density at radius 1 is 1.03 bits per heavy atom. The molecule has 2 aliphatic rings. The fraction of sp³-hybridized carbons (Fsp3) is 0.478. The highest BCUT2D eigenvalue weighted by Crippen LogP contribution is 2.18. The summed E-state index contributed by atoms with van der Waals surface area (Å²) >= 11 is 0. The van der Waals surface area contributed by atoms with Gasteiger partial charge in [-0.3, -0.25) is 14.5 Å². The first-order valence-corrected chi connectivity index (χ1v) is 11.4. The number of rotatable bonds is 7. The number of aromatic hydroxyl groups is 1. The Morgan fingerprint density at radius 2 is 1.74 bits per heavy atom. The van der Waals surface area contributed by atoms with Crippen molar-refractivity contribution in [1.29, 1.82) is 0 Å². The predicted octanol–water partition coefficient (Wildman–Crippen LogP) is -0.546. The SMILES string of the molecule is O=C(N[C@@H](CO)C(=O)N1CCN(c2ncccn2)CC1)c1cc(O)cc(CN2CCOCC2)c1. The van der Waals surface area contributed by atoms with Gasteiger partial charge in [-0.25, -0.2) is 9.97 Å². The number of phenolic OH excluding ortho intramolecular Hbond substituents is 1. The molecular weight excluding hydrogens is 440 g/mol. The first kappa shape index (κ1) is 23.9. The molecule has 2 amide bonds. The van der Waals surface area contributed by atoms with Gasteiger partial charge in [0.1, 0.15) is 11.8 Å². The number of aromatic nitrogens is 2. The number of nitrogens with one attached hydrogen (secondary N) is 1. The summed E-state index contributed by atoms with van der Waals surface area (Å²) < 4.78 is 5.36. The monoisotopic (exact) mass is 470 g/mol. The van der Waals surface area contributed by atoms with Crippen LogP contribution in [0, 0.1) is 0 Å². The number of hydrogen-bond donors (Lipinski definition) is 3. The molecule has 2 aliphatic heterocycles. The van der Waals surface area contributed by atoms with Crippen molar-refractivity contribution in [3.63, 3.8) is 0 Å². The Balaban J connectivity index is 1.35. The number of hydrogen-bond acceptors (Lipinski definition) is 9. The lowest BCUT2D eigenvalue weighted by atomic mass is 10.1. The fourth-order valence-electron chi connectivity index (χ4n) is 4.14. The van der Waals surface area contributed by atoms with E-state index in [1.807, 2.05) is 4.90 Å². The summed E-state index contributed by atoms with van der Waals surface area (Å²) in [5.74, 6) is -0.290. The van der Waals surface area contributed by atoms with Crippen LogP contribution in [0.2, 0.25) is 0 Å². The summed E-state index contributed by atoms with van der Waals surface area (Å²) in [4.78, 5) is 40.1. The number of aliphatic hydroxyl groups excluding tert-OH is 1. The van der Waals surface area contributed by atoms with E-state index in [1.54, 1.807) is 35.5 Å². The number of nitrogens with zero attached hydrogens (tertiary/aromatic N) is 5. The van der Waals surface area contributed by atoms with E-state index in [1.165, 1.54) is 6.07 Å². The van der Waals surface area contributed by atoms with Gasteiger partial charge >= 0.3 is 0 Å². The molecule has 2 aromatic rings. The summed E-state index contributed by atoms with van der Waals surface area (Å²) in [6, 6.07) is 5.35. The van der Waals surface area contributed by atoms with Crippen LogP contribution in [-0.2, 0) is 16.1 Å². The third-order valence-electron chi connectivity index (χ3n) is 5.96. The minimum Gasteiger partial charge on any atom is -0.508 e. The second kappa shape index (κ2) is 11.2. The molecule has 0 bridgehead atoms. The molecule has 0 radical (unpaired) electrons. The maximum atomic E-state index is 13.0. The van der Waals surface area contributed by atoms with Crippen molar-refractivity contribution in [3.05, 3.63) is 47.8 Å². The molecule has 11 heteroatoms. The van der Waals surface area contributed by atoms with Crippen molar-refractivity contribution in [2.75, 3.05) is 64.0 Å². The third kappa shape index (κ3) is 5.99. The number of morpholine rings is 1. The molecule has 34 heavy (non-hydrogen) atoms. The van der Waals surface area contributed by atoms with E-state index in [0.29, 0.717) is 51.9 Å². The van der Waals surface area contributed by atoms with Gasteiger partial charge in [0.2, 0.25) is 11.9 Å². The molecule has 2 saturated heterocycles. The van der Waals surface area contributed by atoms with Crippen molar-refractivity contribution >= 4 is 17.8 Å². The van der Waals surface area contributed by atoms with Crippen LogP contribution in [0.4, 0.5) is 5.95 Å². The van der Waals surface area contributed by atoms with E-state index in [0.717, 1.165) is 18.7 Å². The van der Waals surface area contributed by atoms with E-state index in [-0.39, 0.29) is 17.2 Å². The second-order valence-electron chi connectivity index (χ2n) is 8.35. The van der Waals surface area contributed by atoms with Crippen molar-refractivity contribution in [3.8, 4) is 5.75 Å². The molecule has 1 atom stereocenters. The number of benzene rings is 1. The Bertz CT molecular complexity index is 977. The van der Waals surface area contributed by atoms with Crippen LogP contribution in [0.15, 0.2) is 36.7 Å². The Morgan fingerprint density at radius 3 is 2.41 bits per heavy atom. The Hall–Kier alpha value is -3.28. The minimum absolute atomic E-state index is 0.0259. The average molecular weight is 471 g/mol. The second-order valence-corrected chi connectivity index (χ2v) is 8.35. The van der Waals surface area contributed by atoms with Crippen LogP contribution in [-0.4, -0.2) is 107 Å². The van der Waals surface area contributed by atoms with Crippen LogP contribution in [0.1, 0.15) is 15.9 Å². The molecule has 3 heterocycles. The van der Waals surface area contributed by atoms with Crippen LogP contribution >= 0.6 is 0 Å². The normalized spacial score (nSPS) is 17.9. The van der Waals surface area contributed by atoms with Crippen LogP contribution in [0.5, 0.6) is 5.75 Å². The largest absolute Gasteiger partial charge is 0.508 e. The lowest BCUT2D eigenvalue weighted by Crippen LogP contribution is -2.56. The van der Waals surface area contributed by atoms with Crippen molar-refractivity contribution in [2.24, 2.45) is 0 Å². The zero-order chi connectivity index (χ0) is 23.9. The molecule has 11 nitrogen and oxygen atoms in total. The van der Waals surface area contributed by atoms with E-state index in [4.69, 9.17) is 4.74 Å². The molecule has 0 aliphatic carbocycles. The van der Waals surface area contributed by atoms with E-state index in [9.17, 15) is 19.8 Å². The predicted molar refractivity (Wildman–Crippen MR) is 123 cm³/mol. The van der Waals surface area contributed by atoms with Gasteiger partial charge < -0.3 is 30.1 Å². The van der Waals surface area contributed by atoms with E-state index < -0.39 is 18.6 Å². The summed E-state index contributed by atoms with van der Waals surface area (Å²) in [5.41, 5.74) is 1.03. The number of ether oxygens (including phenoxy) is 1. The number of aliphatic hydroxyl groups is 1. The average Bonchev–Trinajstić information content (AvgIpc) is 2.87. The topological polar surface area (TPSA) is 131 Å².